The summed E-state index contributed by atoms with van der Waals surface area (Å²) in [5.41, 5.74) is 13.6. The van der Waals surface area contributed by atoms with E-state index in [-0.39, 0.29) is 6.17 Å². The standard InChI is InChI=1S/C48H37N5/c1-2-45-49-42-18-10-12-20-44(42)53(45)43-19-11-9-17-41(43)37-29-25-35(26-30-37)33-21-23-34(24-22-33)36-27-31-40(32-28-36)48-51-46(38-13-5-3-6-14-38)50-47(52-48)39-15-7-4-8-16-39/h3-32,45,49H,2H2,1H3. The average molecular weight is 684 g/mol. The Balaban J connectivity index is 0.959. The Hall–Kier alpha value is -6.85. The van der Waals surface area contributed by atoms with Gasteiger partial charge in [-0.2, -0.15) is 0 Å². The van der Waals surface area contributed by atoms with Crippen LogP contribution in [0.15, 0.2) is 182 Å². The van der Waals surface area contributed by atoms with Crippen LogP contribution in [0, 0.1) is 0 Å². The van der Waals surface area contributed by atoms with Crippen molar-refractivity contribution in [2.45, 2.75) is 19.5 Å². The molecular weight excluding hydrogens is 647 g/mol. The van der Waals surface area contributed by atoms with Crippen molar-refractivity contribution in [1.82, 2.24) is 15.0 Å². The summed E-state index contributed by atoms with van der Waals surface area (Å²) < 4.78 is 0. The summed E-state index contributed by atoms with van der Waals surface area (Å²) in [6, 6.07) is 63.6. The highest BCUT2D eigenvalue weighted by Crippen LogP contribution is 2.44. The maximum Gasteiger partial charge on any atom is 0.164 e. The van der Waals surface area contributed by atoms with Crippen molar-refractivity contribution in [2.24, 2.45) is 0 Å². The molecule has 2 heterocycles. The van der Waals surface area contributed by atoms with Crippen LogP contribution in [-0.2, 0) is 0 Å². The number of hydrogen-bond donors (Lipinski definition) is 1. The fourth-order valence-corrected chi connectivity index (χ4v) is 7.17. The number of aromatic nitrogens is 3. The zero-order chi connectivity index (χ0) is 35.6. The maximum absolute atomic E-state index is 4.89. The van der Waals surface area contributed by atoms with Crippen molar-refractivity contribution in [3.63, 3.8) is 0 Å². The van der Waals surface area contributed by atoms with Gasteiger partial charge in [-0.3, -0.25) is 0 Å². The number of para-hydroxylation sites is 3. The summed E-state index contributed by atoms with van der Waals surface area (Å²) in [4.78, 5) is 17.0. The lowest BCUT2D eigenvalue weighted by molar-refractivity contribution is 0.729. The number of anilines is 3. The smallest absolute Gasteiger partial charge is 0.164 e. The second kappa shape index (κ2) is 14.0. The first-order valence-electron chi connectivity index (χ1n) is 18.1. The van der Waals surface area contributed by atoms with Gasteiger partial charge in [-0.1, -0.05) is 171 Å². The molecule has 5 nitrogen and oxygen atoms in total. The van der Waals surface area contributed by atoms with Gasteiger partial charge in [-0.05, 0) is 52.4 Å². The molecule has 0 spiro atoms. The van der Waals surface area contributed by atoms with E-state index >= 15 is 0 Å². The molecule has 0 radical (unpaired) electrons. The number of fused-ring (bicyclic) bond motifs is 1. The third-order valence-electron chi connectivity index (χ3n) is 9.94. The summed E-state index contributed by atoms with van der Waals surface area (Å²) in [7, 11) is 0. The Morgan fingerprint density at radius 3 is 1.26 bits per heavy atom. The van der Waals surface area contributed by atoms with Gasteiger partial charge < -0.3 is 10.2 Å². The Morgan fingerprint density at radius 2 is 0.774 bits per heavy atom. The topological polar surface area (TPSA) is 53.9 Å². The molecule has 1 N–H and O–H groups in total. The lowest BCUT2D eigenvalue weighted by Gasteiger charge is -2.28. The van der Waals surface area contributed by atoms with Crippen molar-refractivity contribution >= 4 is 17.1 Å². The molecule has 0 saturated heterocycles. The summed E-state index contributed by atoms with van der Waals surface area (Å²) in [5.74, 6) is 1.97. The minimum absolute atomic E-state index is 0.214. The Bertz CT molecular complexity index is 2440. The van der Waals surface area contributed by atoms with Crippen LogP contribution in [0.4, 0.5) is 17.1 Å². The van der Waals surface area contributed by atoms with E-state index in [4.69, 9.17) is 15.0 Å². The SMILES string of the molecule is CCC1Nc2ccccc2N1c1ccccc1-c1ccc(-c2ccc(-c3ccc(-c4nc(-c5ccccc5)nc(-c5ccccc5)n4)cc3)cc2)cc1. The van der Waals surface area contributed by atoms with E-state index in [9.17, 15) is 0 Å². The zero-order valence-corrected chi connectivity index (χ0v) is 29.4. The molecule has 254 valence electrons. The van der Waals surface area contributed by atoms with E-state index in [1.807, 2.05) is 60.7 Å². The largest absolute Gasteiger partial charge is 0.363 e. The quantitative estimate of drug-likeness (QED) is 0.173. The van der Waals surface area contributed by atoms with Gasteiger partial charge in [-0.15, -0.1) is 0 Å². The van der Waals surface area contributed by atoms with E-state index in [1.54, 1.807) is 0 Å². The third kappa shape index (κ3) is 6.34. The molecule has 0 bridgehead atoms. The normalized spacial score (nSPS) is 13.4. The van der Waals surface area contributed by atoms with E-state index in [0.29, 0.717) is 17.5 Å². The van der Waals surface area contributed by atoms with Crippen LogP contribution in [0.25, 0.3) is 67.5 Å². The minimum Gasteiger partial charge on any atom is -0.363 e. The lowest BCUT2D eigenvalue weighted by Crippen LogP contribution is -2.31. The molecule has 53 heavy (non-hydrogen) atoms. The maximum atomic E-state index is 4.89. The van der Waals surface area contributed by atoms with Gasteiger partial charge in [0, 0.05) is 22.3 Å². The van der Waals surface area contributed by atoms with Gasteiger partial charge in [0.2, 0.25) is 0 Å². The van der Waals surface area contributed by atoms with Crippen LogP contribution in [-0.4, -0.2) is 21.1 Å². The highest BCUT2D eigenvalue weighted by molar-refractivity contribution is 5.90. The van der Waals surface area contributed by atoms with Gasteiger partial charge in [-0.25, -0.2) is 15.0 Å². The molecule has 8 aromatic rings. The highest BCUT2D eigenvalue weighted by Gasteiger charge is 2.29. The molecule has 1 unspecified atom stereocenters. The lowest BCUT2D eigenvalue weighted by atomic mass is 9.97. The second-order valence-electron chi connectivity index (χ2n) is 13.2. The number of nitrogens with one attached hydrogen (secondary N) is 1. The van der Waals surface area contributed by atoms with Crippen LogP contribution in [0.1, 0.15) is 13.3 Å². The van der Waals surface area contributed by atoms with Crippen LogP contribution < -0.4 is 10.2 Å². The van der Waals surface area contributed by atoms with Crippen LogP contribution >= 0.6 is 0 Å². The van der Waals surface area contributed by atoms with Gasteiger partial charge in [0.05, 0.1) is 17.1 Å². The monoisotopic (exact) mass is 683 g/mol. The molecule has 0 aliphatic carbocycles. The predicted octanol–water partition coefficient (Wildman–Crippen LogP) is 12.2. The van der Waals surface area contributed by atoms with Crippen molar-refractivity contribution < 1.29 is 0 Å². The van der Waals surface area contributed by atoms with Crippen LogP contribution in [0.3, 0.4) is 0 Å². The van der Waals surface area contributed by atoms with Crippen molar-refractivity contribution in [3.8, 4) is 67.5 Å². The molecular formula is C48H37N5. The van der Waals surface area contributed by atoms with Gasteiger partial charge in [0.15, 0.2) is 17.5 Å². The van der Waals surface area contributed by atoms with Gasteiger partial charge >= 0.3 is 0 Å². The third-order valence-corrected chi connectivity index (χ3v) is 9.94. The molecule has 5 heteroatoms. The first-order valence-corrected chi connectivity index (χ1v) is 18.1. The molecule has 0 fully saturated rings. The van der Waals surface area contributed by atoms with Crippen molar-refractivity contribution in [3.05, 3.63) is 182 Å². The van der Waals surface area contributed by atoms with E-state index in [0.717, 1.165) is 34.2 Å². The average Bonchev–Trinajstić information content (AvgIpc) is 3.63. The van der Waals surface area contributed by atoms with E-state index in [2.05, 4.69) is 138 Å². The van der Waals surface area contributed by atoms with E-state index < -0.39 is 0 Å². The highest BCUT2D eigenvalue weighted by atomic mass is 15.3. The summed E-state index contributed by atoms with van der Waals surface area (Å²) in [5, 5.41) is 3.70. The first-order chi connectivity index (χ1) is 26.2. The molecule has 1 atom stereocenters. The van der Waals surface area contributed by atoms with Crippen molar-refractivity contribution in [2.75, 3.05) is 10.2 Å². The fraction of sp³-hybridized carbons (Fsp3) is 0.0625. The second-order valence-corrected chi connectivity index (χ2v) is 13.2. The Labute approximate surface area is 310 Å². The molecule has 0 amide bonds. The molecule has 1 aliphatic rings. The summed E-state index contributed by atoms with van der Waals surface area (Å²) in [6.45, 7) is 2.23. The number of benzene rings is 7. The summed E-state index contributed by atoms with van der Waals surface area (Å²) >= 11 is 0. The molecule has 1 aliphatic heterocycles. The number of nitrogens with zero attached hydrogens (tertiary/aromatic N) is 4. The van der Waals surface area contributed by atoms with E-state index in [1.165, 1.54) is 39.3 Å². The molecule has 7 aromatic carbocycles. The molecule has 1 aromatic heterocycles. The zero-order valence-electron chi connectivity index (χ0n) is 29.4. The molecule has 0 saturated carbocycles. The Kier molecular flexibility index (Phi) is 8.50. The number of rotatable bonds is 8. The van der Waals surface area contributed by atoms with Crippen LogP contribution in [0.5, 0.6) is 0 Å². The molecule has 9 rings (SSSR count). The fourth-order valence-electron chi connectivity index (χ4n) is 7.17. The first kappa shape index (κ1) is 32.1. The summed E-state index contributed by atoms with van der Waals surface area (Å²) in [6.07, 6.45) is 1.21. The van der Waals surface area contributed by atoms with Crippen molar-refractivity contribution in [1.29, 1.82) is 0 Å². The number of hydrogen-bond acceptors (Lipinski definition) is 5. The van der Waals surface area contributed by atoms with Gasteiger partial charge in [0.25, 0.3) is 0 Å². The van der Waals surface area contributed by atoms with Gasteiger partial charge in [0.1, 0.15) is 6.17 Å². The minimum atomic E-state index is 0.214. The Morgan fingerprint density at radius 1 is 0.396 bits per heavy atom. The van der Waals surface area contributed by atoms with Crippen LogP contribution in [0.2, 0.25) is 0 Å². The predicted molar refractivity (Wildman–Crippen MR) is 219 cm³/mol.